The molecule has 1 fully saturated rings. The number of aryl methyl sites for hydroxylation is 1. The van der Waals surface area contributed by atoms with Gasteiger partial charge in [0.1, 0.15) is 5.25 Å². The van der Waals surface area contributed by atoms with Gasteiger partial charge in [0.25, 0.3) is 5.91 Å². The highest BCUT2D eigenvalue weighted by Crippen LogP contribution is 2.41. The van der Waals surface area contributed by atoms with Crippen LogP contribution in [0.25, 0.3) is 0 Å². The highest BCUT2D eigenvalue weighted by Gasteiger charge is 2.43. The first kappa shape index (κ1) is 15.8. The molecule has 0 spiro atoms. The van der Waals surface area contributed by atoms with Crippen LogP contribution in [0, 0.1) is 0 Å². The molecule has 0 saturated carbocycles. The van der Waals surface area contributed by atoms with Gasteiger partial charge in [-0.3, -0.25) is 9.69 Å². The summed E-state index contributed by atoms with van der Waals surface area (Å²) in [5, 5.41) is 4.97. The van der Waals surface area contributed by atoms with Crippen molar-refractivity contribution in [3.63, 3.8) is 0 Å². The number of carbonyl (C=O) groups is 1. The second-order valence-corrected chi connectivity index (χ2v) is 7.51. The van der Waals surface area contributed by atoms with Crippen LogP contribution < -0.4 is 0 Å². The van der Waals surface area contributed by atoms with E-state index in [0.29, 0.717) is 0 Å². The summed E-state index contributed by atoms with van der Waals surface area (Å²) in [7, 11) is 0. The van der Waals surface area contributed by atoms with Crippen molar-refractivity contribution in [3.8, 4) is 0 Å². The van der Waals surface area contributed by atoms with E-state index in [1.165, 1.54) is 29.5 Å². The van der Waals surface area contributed by atoms with Crippen LogP contribution in [0.4, 0.5) is 0 Å². The highest BCUT2D eigenvalue weighted by molar-refractivity contribution is 8.00. The summed E-state index contributed by atoms with van der Waals surface area (Å²) in [6.45, 7) is 4.12. The van der Waals surface area contributed by atoms with Gasteiger partial charge in [-0.25, -0.2) is 4.98 Å². The molecule has 2 aromatic rings. The number of fused-ring (bicyclic) bond motifs is 1. The maximum atomic E-state index is 13.0. The predicted octanol–water partition coefficient (Wildman–Crippen LogP) is 3.18. The fourth-order valence-electron chi connectivity index (χ4n) is 3.62. The van der Waals surface area contributed by atoms with Crippen LogP contribution in [0.1, 0.15) is 48.4 Å². The number of thioether (sulfide) groups is 1. The number of carbonyl (C=O) groups excluding carboxylic acids is 1. The fraction of sp³-hybridized carbons (Fsp3) is 0.500. The molecule has 3 heterocycles. The second-order valence-electron chi connectivity index (χ2n) is 6.40. The van der Waals surface area contributed by atoms with Crippen LogP contribution >= 0.6 is 11.8 Å². The summed E-state index contributed by atoms with van der Waals surface area (Å²) < 4.78 is 1.52. The van der Waals surface area contributed by atoms with Gasteiger partial charge >= 0.3 is 0 Å². The van der Waals surface area contributed by atoms with Crippen molar-refractivity contribution in [3.05, 3.63) is 41.7 Å². The molecule has 1 saturated heterocycles. The first-order valence-electron chi connectivity index (χ1n) is 8.73. The van der Waals surface area contributed by atoms with E-state index in [4.69, 9.17) is 0 Å². The number of aromatic nitrogens is 3. The average Bonchev–Trinajstić information content (AvgIpc) is 3.17. The standard InChI is InChI=1S/C18H22N4OS/c1-2-14-19-18-22(20-14)17(23)16(24-18)15(13-9-5-3-6-10-13)21-11-7-4-8-12-21/h3,5-6,9-10,15-16H,2,4,7-8,11-12H2,1H3. The Kier molecular flexibility index (Phi) is 4.41. The molecule has 2 atom stereocenters. The molecule has 0 amide bonds. The summed E-state index contributed by atoms with van der Waals surface area (Å²) in [5.41, 5.74) is 1.21. The molecule has 6 heteroatoms. The van der Waals surface area contributed by atoms with Crippen molar-refractivity contribution in [1.82, 2.24) is 19.7 Å². The van der Waals surface area contributed by atoms with Gasteiger partial charge < -0.3 is 0 Å². The maximum absolute atomic E-state index is 13.0. The zero-order chi connectivity index (χ0) is 16.5. The topological polar surface area (TPSA) is 51.0 Å². The Hall–Kier alpha value is -1.66. The third-order valence-electron chi connectivity index (χ3n) is 4.83. The van der Waals surface area contributed by atoms with E-state index in [2.05, 4.69) is 39.2 Å². The van der Waals surface area contributed by atoms with E-state index in [0.717, 1.165) is 30.5 Å². The van der Waals surface area contributed by atoms with Gasteiger partial charge in [-0.2, -0.15) is 4.68 Å². The van der Waals surface area contributed by atoms with Crippen molar-refractivity contribution in [2.45, 2.75) is 49.1 Å². The molecule has 5 nitrogen and oxygen atoms in total. The van der Waals surface area contributed by atoms with Crippen molar-refractivity contribution in [1.29, 1.82) is 0 Å². The fourth-order valence-corrected chi connectivity index (χ4v) is 4.89. The van der Waals surface area contributed by atoms with Gasteiger partial charge in [-0.1, -0.05) is 55.4 Å². The van der Waals surface area contributed by atoms with E-state index in [-0.39, 0.29) is 17.2 Å². The molecule has 1 aromatic heterocycles. The minimum absolute atomic E-state index is 0.0710. The Bertz CT molecular complexity index is 724. The normalized spacial score (nSPS) is 22.5. The number of rotatable bonds is 4. The first-order valence-corrected chi connectivity index (χ1v) is 9.61. The molecule has 2 aliphatic rings. The predicted molar refractivity (Wildman–Crippen MR) is 94.3 cm³/mol. The maximum Gasteiger partial charge on any atom is 0.264 e. The quantitative estimate of drug-likeness (QED) is 0.854. The van der Waals surface area contributed by atoms with Crippen LogP contribution in [0.2, 0.25) is 0 Å². The monoisotopic (exact) mass is 342 g/mol. The van der Waals surface area contributed by atoms with E-state index >= 15 is 0 Å². The van der Waals surface area contributed by atoms with Gasteiger partial charge in [0.15, 0.2) is 11.0 Å². The third-order valence-corrected chi connectivity index (χ3v) is 6.02. The molecule has 1 aromatic carbocycles. The SMILES string of the molecule is CCc1nc2n(n1)C(=O)C(C(c1ccccc1)N1CCCCC1)S2. The number of likely N-dealkylation sites (tertiary alicyclic amines) is 1. The zero-order valence-electron chi connectivity index (χ0n) is 13.9. The molecular weight excluding hydrogens is 320 g/mol. The number of hydrogen-bond acceptors (Lipinski definition) is 5. The molecule has 2 aliphatic heterocycles. The molecule has 0 radical (unpaired) electrons. The Labute approximate surface area is 146 Å². The number of nitrogens with zero attached hydrogens (tertiary/aromatic N) is 4. The highest BCUT2D eigenvalue weighted by atomic mass is 32.2. The first-order chi connectivity index (χ1) is 11.8. The van der Waals surface area contributed by atoms with Gasteiger partial charge in [0.2, 0.25) is 0 Å². The Balaban J connectivity index is 1.66. The van der Waals surface area contributed by atoms with Gasteiger partial charge in [0.05, 0.1) is 6.04 Å². The Morgan fingerprint density at radius 1 is 1.21 bits per heavy atom. The average molecular weight is 342 g/mol. The molecule has 4 rings (SSSR count). The smallest absolute Gasteiger partial charge is 0.264 e. The van der Waals surface area contributed by atoms with Gasteiger partial charge in [0, 0.05) is 6.42 Å². The molecule has 0 N–H and O–H groups in total. The van der Waals surface area contributed by atoms with Crippen molar-refractivity contribution < 1.29 is 4.79 Å². The second kappa shape index (κ2) is 6.69. The third kappa shape index (κ3) is 2.78. The van der Waals surface area contributed by atoms with Crippen LogP contribution in [-0.4, -0.2) is 43.9 Å². The lowest BCUT2D eigenvalue weighted by Crippen LogP contribution is -2.41. The van der Waals surface area contributed by atoms with Gasteiger partial charge in [-0.15, -0.1) is 5.10 Å². The van der Waals surface area contributed by atoms with Crippen molar-refractivity contribution in [2.75, 3.05) is 13.1 Å². The summed E-state index contributed by atoms with van der Waals surface area (Å²) in [6, 6.07) is 10.5. The van der Waals surface area contributed by atoms with E-state index < -0.39 is 0 Å². The number of benzene rings is 1. The van der Waals surface area contributed by atoms with E-state index in [1.807, 2.05) is 13.0 Å². The van der Waals surface area contributed by atoms with Gasteiger partial charge in [-0.05, 0) is 31.5 Å². The van der Waals surface area contributed by atoms with E-state index in [1.54, 1.807) is 11.8 Å². The molecule has 0 aliphatic carbocycles. The van der Waals surface area contributed by atoms with Crippen LogP contribution in [0.15, 0.2) is 35.5 Å². The lowest BCUT2D eigenvalue weighted by Gasteiger charge is -2.37. The van der Waals surface area contributed by atoms with Crippen LogP contribution in [0.3, 0.4) is 0 Å². The lowest BCUT2D eigenvalue weighted by molar-refractivity contribution is 0.0818. The lowest BCUT2D eigenvalue weighted by atomic mass is 9.98. The Morgan fingerprint density at radius 3 is 2.62 bits per heavy atom. The minimum atomic E-state index is -0.161. The largest absolute Gasteiger partial charge is 0.295 e. The number of piperidine rings is 1. The van der Waals surface area contributed by atoms with E-state index in [9.17, 15) is 4.79 Å². The summed E-state index contributed by atoms with van der Waals surface area (Å²) >= 11 is 1.58. The molecule has 24 heavy (non-hydrogen) atoms. The summed E-state index contributed by atoms with van der Waals surface area (Å²) in [4.78, 5) is 20.0. The summed E-state index contributed by atoms with van der Waals surface area (Å²) in [5.74, 6) is 0.820. The van der Waals surface area contributed by atoms with Crippen molar-refractivity contribution in [2.24, 2.45) is 0 Å². The zero-order valence-corrected chi connectivity index (χ0v) is 14.7. The van der Waals surface area contributed by atoms with Crippen LogP contribution in [0.5, 0.6) is 0 Å². The summed E-state index contributed by atoms with van der Waals surface area (Å²) in [6.07, 6.45) is 4.45. The number of hydrogen-bond donors (Lipinski definition) is 0. The molecular formula is C18H22N4OS. The Morgan fingerprint density at radius 2 is 1.96 bits per heavy atom. The minimum Gasteiger partial charge on any atom is -0.295 e. The van der Waals surface area contributed by atoms with Crippen LogP contribution in [-0.2, 0) is 6.42 Å². The van der Waals surface area contributed by atoms with Crippen molar-refractivity contribution >= 4 is 17.7 Å². The molecule has 2 unspecified atom stereocenters. The molecule has 0 bridgehead atoms. The molecule has 126 valence electrons.